The Balaban J connectivity index is 3.05. The molecule has 0 spiro atoms. The largest absolute Gasteiger partial charge is 0.481 e. The molecule has 0 bridgehead atoms. The molecule has 1 heterocycles. The lowest BCUT2D eigenvalue weighted by atomic mass is 10.0. The number of hydrogen-bond acceptors (Lipinski definition) is 7. The number of rotatable bonds is 7. The standard InChI is InChI=1S/C23H40N8O7/c1-13(2)19-22(38)26-9-5-3-4-8-16(32)29-14(7-6-10-27-23(24)25)20(36)28-12-17(33)30-15(11-18(34)35)21(37)31-19/h13-15,19H,3-12H2,1-2H3,(H,26,38)(H,28,36)(H,29,32)(H,30,33)(H,31,37)(H,34,35)(H4,24,25,27)/t14-,15-,19-/m0/s1. The molecule has 0 aliphatic carbocycles. The molecule has 0 aromatic rings. The summed E-state index contributed by atoms with van der Waals surface area (Å²) in [6.45, 7) is 3.40. The van der Waals surface area contributed by atoms with Crippen molar-refractivity contribution in [3.8, 4) is 0 Å². The second-order valence-corrected chi connectivity index (χ2v) is 9.34. The molecule has 0 aromatic heterocycles. The van der Waals surface area contributed by atoms with E-state index in [9.17, 15) is 33.9 Å². The van der Waals surface area contributed by atoms with Crippen LogP contribution in [0.4, 0.5) is 0 Å². The minimum absolute atomic E-state index is 0.105. The average molecular weight is 541 g/mol. The van der Waals surface area contributed by atoms with Gasteiger partial charge >= 0.3 is 5.97 Å². The van der Waals surface area contributed by atoms with Gasteiger partial charge in [0.15, 0.2) is 5.96 Å². The minimum Gasteiger partial charge on any atom is -0.481 e. The summed E-state index contributed by atoms with van der Waals surface area (Å²) < 4.78 is 0. The van der Waals surface area contributed by atoms with Gasteiger partial charge < -0.3 is 43.2 Å². The van der Waals surface area contributed by atoms with Crippen LogP contribution in [0, 0.1) is 5.92 Å². The van der Waals surface area contributed by atoms with Crippen molar-refractivity contribution < 1.29 is 33.9 Å². The molecule has 0 aromatic carbocycles. The predicted molar refractivity (Wildman–Crippen MR) is 137 cm³/mol. The lowest BCUT2D eigenvalue weighted by molar-refractivity contribution is -0.141. The van der Waals surface area contributed by atoms with E-state index in [1.807, 2.05) is 0 Å². The predicted octanol–water partition coefficient (Wildman–Crippen LogP) is -2.57. The van der Waals surface area contributed by atoms with Gasteiger partial charge in [0, 0.05) is 19.5 Å². The summed E-state index contributed by atoms with van der Waals surface area (Å²) in [5, 5.41) is 21.8. The van der Waals surface area contributed by atoms with E-state index in [1.165, 1.54) is 0 Å². The van der Waals surface area contributed by atoms with Gasteiger partial charge in [-0.25, -0.2) is 0 Å². The topological polar surface area (TPSA) is 247 Å². The Hall–Kier alpha value is -3.91. The van der Waals surface area contributed by atoms with Gasteiger partial charge in [0.1, 0.15) is 18.1 Å². The molecular weight excluding hydrogens is 500 g/mol. The first-order valence-electron chi connectivity index (χ1n) is 12.6. The Morgan fingerprint density at radius 2 is 1.61 bits per heavy atom. The highest BCUT2D eigenvalue weighted by Gasteiger charge is 2.30. The second-order valence-electron chi connectivity index (χ2n) is 9.34. The van der Waals surface area contributed by atoms with Crippen molar-refractivity contribution in [3.05, 3.63) is 0 Å². The summed E-state index contributed by atoms with van der Waals surface area (Å²) in [5.74, 6) is -4.87. The number of aliphatic carboxylic acids is 1. The number of hydrogen-bond donors (Lipinski definition) is 8. The van der Waals surface area contributed by atoms with Gasteiger partial charge in [0.05, 0.1) is 13.0 Å². The highest BCUT2D eigenvalue weighted by atomic mass is 16.4. The smallest absolute Gasteiger partial charge is 0.305 e. The molecule has 1 fully saturated rings. The zero-order chi connectivity index (χ0) is 28.7. The Kier molecular flexibility index (Phi) is 14.2. The molecule has 15 heteroatoms. The second kappa shape index (κ2) is 16.8. The molecule has 5 amide bonds. The first-order chi connectivity index (χ1) is 17.9. The lowest BCUT2D eigenvalue weighted by Gasteiger charge is -2.25. The number of nitrogens with two attached hydrogens (primary N) is 2. The third-order valence-electron chi connectivity index (χ3n) is 5.68. The van der Waals surface area contributed by atoms with E-state index in [4.69, 9.17) is 11.5 Å². The Morgan fingerprint density at radius 1 is 0.921 bits per heavy atom. The Morgan fingerprint density at radius 3 is 2.24 bits per heavy atom. The third-order valence-corrected chi connectivity index (χ3v) is 5.68. The monoisotopic (exact) mass is 540 g/mol. The van der Waals surface area contributed by atoms with E-state index >= 15 is 0 Å². The van der Waals surface area contributed by atoms with Gasteiger partial charge in [-0.15, -0.1) is 0 Å². The Bertz CT molecular complexity index is 889. The first kappa shape index (κ1) is 32.1. The maximum Gasteiger partial charge on any atom is 0.305 e. The quantitative estimate of drug-likeness (QED) is 0.0958. The number of carboxylic acids is 1. The normalized spacial score (nSPS) is 22.9. The van der Waals surface area contributed by atoms with Crippen molar-refractivity contribution in [2.45, 2.75) is 76.9 Å². The summed E-state index contributed by atoms with van der Waals surface area (Å²) in [4.78, 5) is 78.2. The number of carbonyl (C=O) groups is 6. The maximum absolute atomic E-state index is 12.8. The van der Waals surface area contributed by atoms with E-state index in [0.717, 1.165) is 0 Å². The van der Waals surface area contributed by atoms with E-state index in [2.05, 4.69) is 31.6 Å². The van der Waals surface area contributed by atoms with Crippen molar-refractivity contribution in [3.63, 3.8) is 0 Å². The average Bonchev–Trinajstić information content (AvgIpc) is 2.83. The summed E-state index contributed by atoms with van der Waals surface area (Å²) in [6, 6.07) is -3.40. The maximum atomic E-state index is 12.8. The molecule has 214 valence electrons. The van der Waals surface area contributed by atoms with Gasteiger partial charge in [-0.05, 0) is 31.6 Å². The van der Waals surface area contributed by atoms with Crippen LogP contribution in [0.1, 0.15) is 58.8 Å². The molecule has 1 aliphatic heterocycles. The summed E-state index contributed by atoms with van der Waals surface area (Å²) in [6.07, 6.45) is 1.73. The van der Waals surface area contributed by atoms with Crippen molar-refractivity contribution in [1.29, 1.82) is 0 Å². The molecule has 38 heavy (non-hydrogen) atoms. The van der Waals surface area contributed by atoms with Gasteiger partial charge in [-0.2, -0.15) is 0 Å². The van der Waals surface area contributed by atoms with Crippen LogP contribution in [0.2, 0.25) is 0 Å². The zero-order valence-electron chi connectivity index (χ0n) is 21.9. The fourth-order valence-corrected chi connectivity index (χ4v) is 3.66. The van der Waals surface area contributed by atoms with Crippen molar-refractivity contribution in [1.82, 2.24) is 26.6 Å². The molecule has 1 saturated heterocycles. The molecule has 10 N–H and O–H groups in total. The van der Waals surface area contributed by atoms with Crippen molar-refractivity contribution >= 4 is 41.5 Å². The zero-order valence-corrected chi connectivity index (χ0v) is 21.9. The third kappa shape index (κ3) is 12.9. The van der Waals surface area contributed by atoms with E-state index in [-0.39, 0.29) is 37.2 Å². The van der Waals surface area contributed by atoms with Gasteiger partial charge in [-0.3, -0.25) is 33.8 Å². The van der Waals surface area contributed by atoms with Gasteiger partial charge in [-0.1, -0.05) is 20.3 Å². The Labute approximate surface area is 221 Å². The number of carboxylic acid groups (broad SMARTS) is 1. The molecular formula is C23H40N8O7. The fourth-order valence-electron chi connectivity index (χ4n) is 3.66. The van der Waals surface area contributed by atoms with Crippen molar-refractivity contribution in [2.24, 2.45) is 22.4 Å². The van der Waals surface area contributed by atoms with Crippen LogP contribution in [0.5, 0.6) is 0 Å². The lowest BCUT2D eigenvalue weighted by Crippen LogP contribution is -2.57. The number of nitrogens with zero attached hydrogens (tertiary/aromatic N) is 1. The molecule has 15 nitrogen and oxygen atoms in total. The fraction of sp³-hybridized carbons (Fsp3) is 0.696. The van der Waals surface area contributed by atoms with Gasteiger partial charge in [0.25, 0.3) is 0 Å². The minimum atomic E-state index is -1.48. The molecule has 3 atom stereocenters. The van der Waals surface area contributed by atoms with E-state index in [1.54, 1.807) is 13.8 Å². The number of nitrogens with one attached hydrogen (secondary N) is 5. The molecule has 1 aliphatic rings. The van der Waals surface area contributed by atoms with Crippen LogP contribution < -0.4 is 38.1 Å². The SMILES string of the molecule is CC(C)[C@@H]1NC(=O)[C@H](CC(=O)O)NC(=O)CNC(=O)[C@H](CCCN=C(N)N)NC(=O)CCCCCNC1=O. The highest BCUT2D eigenvalue weighted by Crippen LogP contribution is 2.06. The van der Waals surface area contributed by atoms with Crippen LogP contribution in [0.3, 0.4) is 0 Å². The summed E-state index contributed by atoms with van der Waals surface area (Å²) >= 11 is 0. The molecule has 1 rings (SSSR count). The summed E-state index contributed by atoms with van der Waals surface area (Å²) in [5.41, 5.74) is 10.6. The molecule has 0 saturated carbocycles. The van der Waals surface area contributed by atoms with Crippen molar-refractivity contribution in [2.75, 3.05) is 19.6 Å². The molecule has 0 radical (unpaired) electrons. The van der Waals surface area contributed by atoms with Crippen LogP contribution in [0.15, 0.2) is 4.99 Å². The number of amides is 5. The summed E-state index contributed by atoms with van der Waals surface area (Å²) in [7, 11) is 0. The number of guanidine groups is 1. The van der Waals surface area contributed by atoms with E-state index < -0.39 is 60.7 Å². The van der Waals surface area contributed by atoms with Crippen LogP contribution in [-0.2, 0) is 28.8 Å². The first-order valence-corrected chi connectivity index (χ1v) is 12.6. The van der Waals surface area contributed by atoms with Crippen LogP contribution >= 0.6 is 0 Å². The highest BCUT2D eigenvalue weighted by molar-refractivity contribution is 5.95. The number of carbonyl (C=O) groups excluding carboxylic acids is 5. The number of aliphatic imine (C=N–C) groups is 1. The molecule has 0 unspecified atom stereocenters. The van der Waals surface area contributed by atoms with E-state index in [0.29, 0.717) is 32.2 Å². The van der Waals surface area contributed by atoms with Gasteiger partial charge in [0.2, 0.25) is 29.5 Å². The van der Waals surface area contributed by atoms with Crippen LogP contribution in [-0.4, -0.2) is 84.3 Å². The van der Waals surface area contributed by atoms with Crippen LogP contribution in [0.25, 0.3) is 0 Å².